The van der Waals surface area contributed by atoms with Crippen LogP contribution in [0, 0.1) is 5.41 Å². The molecule has 2 aromatic carbocycles. The molecule has 0 aromatic heterocycles. The van der Waals surface area contributed by atoms with E-state index in [-0.39, 0.29) is 35.6 Å². The molecule has 0 saturated carbocycles. The number of allylic oxidation sites excluding steroid dienone is 1. The van der Waals surface area contributed by atoms with E-state index in [1.165, 1.54) is 12.0 Å². The third kappa shape index (κ3) is 7.45. The Labute approximate surface area is 275 Å². The van der Waals surface area contributed by atoms with Gasteiger partial charge in [0, 0.05) is 18.7 Å². The van der Waals surface area contributed by atoms with Crippen LogP contribution >= 0.6 is 0 Å². The highest BCUT2D eigenvalue weighted by atomic mass is 19.4. The molecule has 7 nitrogen and oxygen atoms in total. The zero-order chi connectivity index (χ0) is 35.2. The van der Waals surface area contributed by atoms with Crippen LogP contribution in [-0.2, 0) is 33.2 Å². The molecular weight excluding hydrogens is 642 g/mol. The van der Waals surface area contributed by atoms with Crippen LogP contribution in [0.2, 0.25) is 0 Å². The first-order valence-corrected chi connectivity index (χ1v) is 15.9. The van der Waals surface area contributed by atoms with E-state index in [0.29, 0.717) is 43.7 Å². The Kier molecular flexibility index (Phi) is 9.84. The van der Waals surface area contributed by atoms with Crippen LogP contribution in [0.25, 0.3) is 5.57 Å². The highest BCUT2D eigenvalue weighted by Gasteiger charge is 2.44. The minimum absolute atomic E-state index is 0.0603. The molecule has 2 aliphatic heterocycles. The van der Waals surface area contributed by atoms with Crippen molar-refractivity contribution >= 4 is 17.6 Å². The lowest BCUT2D eigenvalue weighted by Gasteiger charge is -2.36. The molecule has 0 N–H and O–H groups in total. The topological polar surface area (TPSA) is 68.3 Å². The summed E-state index contributed by atoms with van der Waals surface area (Å²) in [4.78, 5) is 29.1. The van der Waals surface area contributed by atoms with E-state index in [4.69, 9.17) is 14.2 Å². The second-order valence-corrected chi connectivity index (χ2v) is 13.6. The van der Waals surface area contributed by atoms with Crippen molar-refractivity contribution in [2.75, 3.05) is 27.3 Å². The number of esters is 1. The van der Waals surface area contributed by atoms with Gasteiger partial charge in [0.2, 0.25) is 0 Å². The number of methoxy groups -OCH3 is 2. The van der Waals surface area contributed by atoms with Crippen molar-refractivity contribution < 1.29 is 50.1 Å². The predicted octanol–water partition coefficient (Wildman–Crippen LogP) is 8.42. The van der Waals surface area contributed by atoms with E-state index < -0.39 is 41.7 Å². The first kappa shape index (κ1) is 35.6. The third-order valence-electron chi connectivity index (χ3n) is 9.67. The highest BCUT2D eigenvalue weighted by molar-refractivity contribution is 5.77. The maximum atomic E-state index is 13.6. The number of hydrogen-bond acceptors (Lipinski definition) is 6. The molecule has 0 unspecified atom stereocenters. The van der Waals surface area contributed by atoms with Crippen LogP contribution in [-0.4, -0.2) is 61.3 Å². The van der Waals surface area contributed by atoms with Crippen molar-refractivity contribution in [3.8, 4) is 5.75 Å². The molecule has 262 valence electrons. The normalized spacial score (nSPS) is 23.4. The first-order valence-electron chi connectivity index (χ1n) is 15.9. The molecule has 2 aromatic rings. The van der Waals surface area contributed by atoms with Gasteiger partial charge in [-0.3, -0.25) is 14.6 Å². The lowest BCUT2D eigenvalue weighted by Crippen LogP contribution is -2.36. The van der Waals surface area contributed by atoms with Gasteiger partial charge in [-0.05, 0) is 104 Å². The Hall–Kier alpha value is -3.74. The van der Waals surface area contributed by atoms with Crippen molar-refractivity contribution in [1.29, 1.82) is 0 Å². The van der Waals surface area contributed by atoms with Gasteiger partial charge in [0.25, 0.3) is 0 Å². The van der Waals surface area contributed by atoms with Crippen molar-refractivity contribution in [1.82, 2.24) is 9.80 Å². The second kappa shape index (κ2) is 13.3. The van der Waals surface area contributed by atoms with Crippen LogP contribution in [0.4, 0.5) is 31.1 Å². The summed E-state index contributed by atoms with van der Waals surface area (Å²) < 4.78 is 97.9. The monoisotopic (exact) mass is 682 g/mol. The van der Waals surface area contributed by atoms with Gasteiger partial charge in [-0.1, -0.05) is 19.9 Å². The molecule has 3 aliphatic rings. The number of nitrogens with zero attached hydrogens (tertiary/aromatic N) is 2. The Morgan fingerprint density at radius 3 is 2.27 bits per heavy atom. The van der Waals surface area contributed by atoms with Gasteiger partial charge in [-0.25, -0.2) is 4.79 Å². The third-order valence-corrected chi connectivity index (χ3v) is 9.67. The fraction of sp³-hybridized carbons (Fsp3) is 0.543. The Morgan fingerprint density at radius 2 is 1.67 bits per heavy atom. The molecule has 0 radical (unpaired) electrons. The minimum atomic E-state index is -5.03. The number of rotatable bonds is 8. The van der Waals surface area contributed by atoms with Gasteiger partial charge in [0.1, 0.15) is 17.9 Å². The standard InChI is InChI=1S/C35H40F6N2O5/c1-20-30(22-14-24(34(36,37)38)16-25(15-22)35(39,40)41)48-32(45)43(20)19-23-17-33(2,3)11-10-26(23)27-13-21(8-9-29(27)46-4)18-42-12-6-7-28(42)31(44)47-5/h8-9,13-16,20,28,30H,6-7,10-12,17-19H2,1-5H3/t20-,28-,30-/m0/s1. The molecule has 13 heteroatoms. The van der Waals surface area contributed by atoms with Crippen molar-refractivity contribution in [3.63, 3.8) is 0 Å². The smallest absolute Gasteiger partial charge is 0.416 e. The summed E-state index contributed by atoms with van der Waals surface area (Å²) in [5, 5.41) is 0. The van der Waals surface area contributed by atoms with E-state index >= 15 is 0 Å². The SMILES string of the molecule is COC(=O)[C@@H]1CCCN1Cc1ccc(OC)c(C2=C(CN3C(=O)O[C@H](c4cc(C(F)(F)F)cc(C(F)(F)F)c4)[C@@H]3C)CC(C)(C)CC2)c1. The molecule has 2 fully saturated rings. The Morgan fingerprint density at radius 1 is 1.00 bits per heavy atom. The van der Waals surface area contributed by atoms with Gasteiger partial charge in [-0.2, -0.15) is 26.3 Å². The summed E-state index contributed by atoms with van der Waals surface area (Å²) >= 11 is 0. The van der Waals surface area contributed by atoms with E-state index in [0.717, 1.165) is 41.7 Å². The average Bonchev–Trinajstić information content (AvgIpc) is 3.59. The number of halogens is 6. The summed E-state index contributed by atoms with van der Waals surface area (Å²) in [5.41, 5.74) is 0.206. The van der Waals surface area contributed by atoms with Crippen LogP contribution in [0.3, 0.4) is 0 Å². The number of carbonyl (C=O) groups is 2. The lowest BCUT2D eigenvalue weighted by atomic mass is 9.72. The number of likely N-dealkylation sites (tertiary alicyclic amines) is 1. The quantitative estimate of drug-likeness (QED) is 0.206. The van der Waals surface area contributed by atoms with Gasteiger partial charge in [-0.15, -0.1) is 0 Å². The summed E-state index contributed by atoms with van der Waals surface area (Å²) in [5.74, 6) is 0.348. The number of amides is 1. The van der Waals surface area contributed by atoms with E-state index in [1.54, 1.807) is 14.0 Å². The Balaban J connectivity index is 1.49. The van der Waals surface area contributed by atoms with Gasteiger partial charge >= 0.3 is 24.4 Å². The van der Waals surface area contributed by atoms with Gasteiger partial charge in [0.05, 0.1) is 31.4 Å². The highest BCUT2D eigenvalue weighted by Crippen LogP contribution is 2.47. The lowest BCUT2D eigenvalue weighted by molar-refractivity contribution is -0.146. The van der Waals surface area contributed by atoms with E-state index in [1.807, 2.05) is 18.2 Å². The molecule has 48 heavy (non-hydrogen) atoms. The van der Waals surface area contributed by atoms with Gasteiger partial charge < -0.3 is 14.2 Å². The number of ether oxygens (including phenoxy) is 3. The molecular formula is C35H40F6N2O5. The number of alkyl halides is 6. The molecule has 5 rings (SSSR count). The summed E-state index contributed by atoms with van der Waals surface area (Å²) in [6.07, 6.45) is -8.56. The summed E-state index contributed by atoms with van der Waals surface area (Å²) in [7, 11) is 2.94. The number of cyclic esters (lactones) is 1. The maximum absolute atomic E-state index is 13.6. The largest absolute Gasteiger partial charge is 0.496 e. The van der Waals surface area contributed by atoms with Crippen molar-refractivity contribution in [2.24, 2.45) is 5.41 Å². The fourth-order valence-electron chi connectivity index (χ4n) is 7.14. The minimum Gasteiger partial charge on any atom is -0.496 e. The average molecular weight is 683 g/mol. The fourth-order valence-corrected chi connectivity index (χ4v) is 7.14. The Bertz CT molecular complexity index is 1550. The zero-order valence-corrected chi connectivity index (χ0v) is 27.6. The van der Waals surface area contributed by atoms with Gasteiger partial charge in [0.15, 0.2) is 0 Å². The molecule has 1 amide bonds. The maximum Gasteiger partial charge on any atom is 0.416 e. The van der Waals surface area contributed by atoms with E-state index in [2.05, 4.69) is 18.7 Å². The summed E-state index contributed by atoms with van der Waals surface area (Å²) in [6, 6.07) is 5.93. The predicted molar refractivity (Wildman–Crippen MR) is 165 cm³/mol. The molecule has 2 heterocycles. The van der Waals surface area contributed by atoms with Crippen molar-refractivity contribution in [2.45, 2.75) is 90.0 Å². The molecule has 0 bridgehead atoms. The van der Waals surface area contributed by atoms with E-state index in [9.17, 15) is 35.9 Å². The zero-order valence-electron chi connectivity index (χ0n) is 27.6. The second-order valence-electron chi connectivity index (χ2n) is 13.6. The van der Waals surface area contributed by atoms with Crippen LogP contribution in [0.15, 0.2) is 42.0 Å². The number of benzene rings is 2. The molecule has 2 saturated heterocycles. The van der Waals surface area contributed by atoms with Crippen molar-refractivity contribution in [3.05, 3.63) is 69.8 Å². The molecule has 3 atom stereocenters. The first-order chi connectivity index (χ1) is 22.4. The van der Waals surface area contributed by atoms with Crippen LogP contribution in [0.1, 0.15) is 86.8 Å². The van der Waals surface area contributed by atoms with Crippen LogP contribution in [0.5, 0.6) is 5.75 Å². The number of carbonyl (C=O) groups excluding carboxylic acids is 2. The molecule has 1 aliphatic carbocycles. The molecule has 0 spiro atoms. The van der Waals surface area contributed by atoms with Crippen LogP contribution < -0.4 is 4.74 Å². The number of hydrogen-bond donors (Lipinski definition) is 0. The summed E-state index contributed by atoms with van der Waals surface area (Å²) in [6.45, 7) is 7.10.